The third-order valence-corrected chi connectivity index (χ3v) is 13.6. The molecular weight excluding hydrogens is 797 g/mol. The summed E-state index contributed by atoms with van der Waals surface area (Å²) in [6.07, 6.45) is 0. The van der Waals surface area contributed by atoms with Crippen molar-refractivity contribution in [2.45, 2.75) is 0 Å². The van der Waals surface area contributed by atoms with Gasteiger partial charge in [-0.3, -0.25) is 0 Å². The van der Waals surface area contributed by atoms with Gasteiger partial charge in [0.05, 0.1) is 28.1 Å². The van der Waals surface area contributed by atoms with Gasteiger partial charge < -0.3 is 9.47 Å². The molecule has 66 heavy (non-hydrogen) atoms. The van der Waals surface area contributed by atoms with E-state index in [9.17, 15) is 0 Å². The van der Waals surface area contributed by atoms with E-state index in [1.807, 2.05) is 0 Å². The summed E-state index contributed by atoms with van der Waals surface area (Å²) in [6, 6.07) is 93.3. The Morgan fingerprint density at radius 3 is 1.47 bits per heavy atom. The number of hydrogen-bond acceptors (Lipinski definition) is 1. The molecule has 12 aromatic carbocycles. The van der Waals surface area contributed by atoms with Crippen LogP contribution in [0.3, 0.4) is 0 Å². The maximum absolute atomic E-state index is 2.49. The Morgan fingerprint density at radius 1 is 0.273 bits per heavy atom. The van der Waals surface area contributed by atoms with Crippen molar-refractivity contribution in [2.75, 3.05) is 4.90 Å². The summed E-state index contributed by atoms with van der Waals surface area (Å²) in [5.74, 6) is 0. The molecule has 0 bridgehead atoms. The number of anilines is 3. The third kappa shape index (κ3) is 6.11. The topological polar surface area (TPSA) is 8.17 Å². The molecule has 0 saturated carbocycles. The number of fused-ring (bicyclic) bond motifs is 3. The fraction of sp³-hybridized carbons (Fsp3) is 0. The minimum Gasteiger partial charge on any atom is -0.309 e. The Balaban J connectivity index is 1.05. The van der Waals surface area contributed by atoms with Gasteiger partial charge in [-0.2, -0.15) is 0 Å². The lowest BCUT2D eigenvalue weighted by molar-refractivity contribution is 1.20. The lowest BCUT2D eigenvalue weighted by atomic mass is 9.91. The first-order chi connectivity index (χ1) is 32.8. The molecule has 308 valence electrons. The van der Waals surface area contributed by atoms with E-state index in [1.54, 1.807) is 0 Å². The Hall–Kier alpha value is -8.72. The minimum atomic E-state index is 1.09. The normalized spacial score (nSPS) is 11.6. The summed E-state index contributed by atoms with van der Waals surface area (Å²) in [5, 5.41) is 9.97. The molecule has 13 rings (SSSR count). The zero-order chi connectivity index (χ0) is 43.6. The quantitative estimate of drug-likeness (QED) is 0.138. The Kier molecular flexibility index (Phi) is 8.89. The van der Waals surface area contributed by atoms with Gasteiger partial charge in [0.1, 0.15) is 0 Å². The van der Waals surface area contributed by atoms with Gasteiger partial charge in [-0.05, 0) is 103 Å². The van der Waals surface area contributed by atoms with Crippen LogP contribution in [0.2, 0.25) is 0 Å². The summed E-state index contributed by atoms with van der Waals surface area (Å²) >= 11 is 0. The van der Waals surface area contributed by atoms with Crippen LogP contribution < -0.4 is 4.90 Å². The number of hydrogen-bond donors (Lipinski definition) is 0. The maximum atomic E-state index is 2.49. The largest absolute Gasteiger partial charge is 0.309 e. The predicted octanol–water partition coefficient (Wildman–Crippen LogP) is 17.8. The van der Waals surface area contributed by atoms with Gasteiger partial charge in [0, 0.05) is 32.8 Å². The number of para-hydroxylation sites is 3. The molecule has 2 nitrogen and oxygen atoms in total. The molecule has 1 heterocycles. The lowest BCUT2D eigenvalue weighted by Crippen LogP contribution is -2.12. The van der Waals surface area contributed by atoms with Crippen molar-refractivity contribution in [1.29, 1.82) is 0 Å². The Morgan fingerprint density at radius 2 is 0.758 bits per heavy atom. The van der Waals surface area contributed by atoms with E-state index in [0.29, 0.717) is 0 Å². The highest BCUT2D eigenvalue weighted by Gasteiger charge is 2.23. The second kappa shape index (κ2) is 15.5. The van der Waals surface area contributed by atoms with E-state index in [4.69, 9.17) is 0 Å². The van der Waals surface area contributed by atoms with E-state index < -0.39 is 0 Å². The molecule has 0 radical (unpaired) electrons. The fourth-order valence-electron chi connectivity index (χ4n) is 10.6. The van der Waals surface area contributed by atoms with Crippen LogP contribution >= 0.6 is 0 Å². The molecule has 0 atom stereocenters. The first-order valence-corrected chi connectivity index (χ1v) is 22.8. The number of nitrogens with zero attached hydrogens (tertiary/aromatic N) is 2. The summed E-state index contributed by atoms with van der Waals surface area (Å²) in [7, 11) is 0. The Labute approximate surface area is 383 Å². The van der Waals surface area contributed by atoms with E-state index in [0.717, 1.165) is 33.8 Å². The zero-order valence-electron chi connectivity index (χ0n) is 36.1. The van der Waals surface area contributed by atoms with Crippen LogP contribution in [0.15, 0.2) is 255 Å². The van der Waals surface area contributed by atoms with Crippen molar-refractivity contribution in [2.24, 2.45) is 0 Å². The van der Waals surface area contributed by atoms with Crippen LogP contribution in [0.5, 0.6) is 0 Å². The van der Waals surface area contributed by atoms with Gasteiger partial charge >= 0.3 is 0 Å². The standard InChI is InChI=1S/C64H42N2/c1-3-16-43(17-4-1)44-30-32-46(33-31-44)53-24-9-12-27-58(53)65(50-21-15-20-49(42-50)52-23-8-7-22-51(52)45-18-5-2-6-19-45)61-40-36-47-35-39-57-62(41-37-48-34-38-56(61)63(47)64(48)57)66-59-28-13-10-25-54(59)55-26-11-14-29-60(55)66/h1-42H. The molecule has 0 spiro atoms. The van der Waals surface area contributed by atoms with Crippen molar-refractivity contribution in [3.63, 3.8) is 0 Å². The van der Waals surface area contributed by atoms with Crippen LogP contribution in [0.4, 0.5) is 17.1 Å². The summed E-state index contributed by atoms with van der Waals surface area (Å²) in [4.78, 5) is 2.49. The highest BCUT2D eigenvalue weighted by molar-refractivity contribution is 6.27. The fourth-order valence-corrected chi connectivity index (χ4v) is 10.6. The van der Waals surface area contributed by atoms with Crippen molar-refractivity contribution < 1.29 is 0 Å². The second-order valence-electron chi connectivity index (χ2n) is 17.2. The number of rotatable bonds is 8. The maximum Gasteiger partial charge on any atom is 0.0541 e. The van der Waals surface area contributed by atoms with Gasteiger partial charge in [-0.1, -0.05) is 212 Å². The molecule has 0 N–H and O–H groups in total. The predicted molar refractivity (Wildman–Crippen MR) is 281 cm³/mol. The second-order valence-corrected chi connectivity index (χ2v) is 17.2. The van der Waals surface area contributed by atoms with Crippen LogP contribution in [-0.4, -0.2) is 4.57 Å². The molecule has 13 aromatic rings. The molecule has 0 aliphatic rings. The van der Waals surface area contributed by atoms with E-state index in [-0.39, 0.29) is 0 Å². The third-order valence-electron chi connectivity index (χ3n) is 13.6. The van der Waals surface area contributed by atoms with Crippen LogP contribution in [0.1, 0.15) is 0 Å². The smallest absolute Gasteiger partial charge is 0.0541 e. The van der Waals surface area contributed by atoms with Gasteiger partial charge in [0.15, 0.2) is 0 Å². The van der Waals surface area contributed by atoms with Crippen LogP contribution in [-0.2, 0) is 0 Å². The van der Waals surface area contributed by atoms with Gasteiger partial charge in [0.2, 0.25) is 0 Å². The van der Waals surface area contributed by atoms with Gasteiger partial charge in [-0.15, -0.1) is 0 Å². The van der Waals surface area contributed by atoms with Crippen molar-refractivity contribution >= 4 is 71.2 Å². The summed E-state index contributed by atoms with van der Waals surface area (Å²) in [6.45, 7) is 0. The molecule has 0 aliphatic carbocycles. The van der Waals surface area contributed by atoms with Crippen LogP contribution in [0.25, 0.3) is 104 Å². The van der Waals surface area contributed by atoms with Gasteiger partial charge in [0.25, 0.3) is 0 Å². The zero-order valence-corrected chi connectivity index (χ0v) is 36.1. The molecule has 0 saturated heterocycles. The number of aromatic nitrogens is 1. The monoisotopic (exact) mass is 838 g/mol. The minimum absolute atomic E-state index is 1.09. The molecule has 0 aliphatic heterocycles. The van der Waals surface area contributed by atoms with Crippen molar-refractivity contribution in [3.8, 4) is 50.2 Å². The molecule has 0 unspecified atom stereocenters. The number of benzene rings is 12. The molecule has 1 aromatic heterocycles. The van der Waals surface area contributed by atoms with Crippen molar-refractivity contribution in [3.05, 3.63) is 255 Å². The molecule has 0 amide bonds. The van der Waals surface area contributed by atoms with Crippen LogP contribution in [0, 0.1) is 0 Å². The molecular formula is C64H42N2. The summed E-state index contributed by atoms with van der Waals surface area (Å²) < 4.78 is 2.46. The average molecular weight is 839 g/mol. The molecule has 0 fully saturated rings. The van der Waals surface area contributed by atoms with E-state index in [2.05, 4.69) is 264 Å². The van der Waals surface area contributed by atoms with E-state index in [1.165, 1.54) is 87.6 Å². The first-order valence-electron chi connectivity index (χ1n) is 22.8. The van der Waals surface area contributed by atoms with E-state index >= 15 is 0 Å². The Bertz CT molecular complexity index is 3870. The SMILES string of the molecule is c1ccc(-c2ccc(-c3ccccc3N(c3cccc(-c4ccccc4-c4ccccc4)c3)c3ccc4ccc5c(-n6c7ccccc7c7ccccc76)ccc6ccc3c4c65)cc2)cc1. The van der Waals surface area contributed by atoms with Crippen molar-refractivity contribution in [1.82, 2.24) is 4.57 Å². The average Bonchev–Trinajstić information content (AvgIpc) is 3.73. The lowest BCUT2D eigenvalue weighted by Gasteiger charge is -2.30. The summed E-state index contributed by atoms with van der Waals surface area (Å²) in [5.41, 5.74) is 16.4. The first kappa shape index (κ1) is 37.8. The highest BCUT2D eigenvalue weighted by Crippen LogP contribution is 2.48. The van der Waals surface area contributed by atoms with Gasteiger partial charge in [-0.25, -0.2) is 0 Å². The molecule has 2 heteroatoms. The highest BCUT2D eigenvalue weighted by atomic mass is 15.1.